The zero-order valence-electron chi connectivity index (χ0n) is 9.07. The minimum Gasteiger partial charge on any atom is -0.391 e. The van der Waals surface area contributed by atoms with E-state index in [1.807, 2.05) is 18.2 Å². The molecule has 0 radical (unpaired) electrons. The summed E-state index contributed by atoms with van der Waals surface area (Å²) in [5, 5.41) is 12.7. The monoisotopic (exact) mass is 272 g/mol. The van der Waals surface area contributed by atoms with E-state index in [0.29, 0.717) is 12.5 Å². The molecule has 0 saturated carbocycles. The first-order valence-electron chi connectivity index (χ1n) is 5.12. The fraction of sp³-hybridized carbons (Fsp3) is 0.545. The predicted molar refractivity (Wildman–Crippen MR) is 65.9 cm³/mol. The molecule has 0 spiro atoms. The summed E-state index contributed by atoms with van der Waals surface area (Å²) in [7, 11) is 0. The van der Waals surface area contributed by atoms with Gasteiger partial charge in [-0.3, -0.25) is 0 Å². The van der Waals surface area contributed by atoms with Crippen LogP contribution >= 0.6 is 15.9 Å². The molecule has 1 unspecified atom stereocenters. The van der Waals surface area contributed by atoms with E-state index in [2.05, 4.69) is 40.1 Å². The normalized spacial score (nSPS) is 12.9. The van der Waals surface area contributed by atoms with Crippen molar-refractivity contribution in [3.05, 3.63) is 22.8 Å². The lowest BCUT2D eigenvalue weighted by Gasteiger charge is -2.14. The van der Waals surface area contributed by atoms with Gasteiger partial charge in [-0.2, -0.15) is 0 Å². The molecule has 0 bridgehead atoms. The Morgan fingerprint density at radius 1 is 1.47 bits per heavy atom. The topological polar surface area (TPSA) is 45.1 Å². The van der Waals surface area contributed by atoms with Gasteiger partial charge in [-0.25, -0.2) is 4.98 Å². The van der Waals surface area contributed by atoms with Crippen LogP contribution in [0.15, 0.2) is 22.8 Å². The van der Waals surface area contributed by atoms with Gasteiger partial charge < -0.3 is 10.4 Å². The van der Waals surface area contributed by atoms with Crippen LogP contribution < -0.4 is 5.32 Å². The fourth-order valence-electron chi connectivity index (χ4n) is 1.36. The van der Waals surface area contributed by atoms with Crippen LogP contribution in [-0.4, -0.2) is 22.7 Å². The van der Waals surface area contributed by atoms with Crippen molar-refractivity contribution in [1.82, 2.24) is 4.98 Å². The number of nitrogens with one attached hydrogen (secondary N) is 1. The van der Waals surface area contributed by atoms with Crippen LogP contribution in [0.25, 0.3) is 0 Å². The zero-order chi connectivity index (χ0) is 11.3. The molecule has 1 aromatic heterocycles. The zero-order valence-corrected chi connectivity index (χ0v) is 10.7. The predicted octanol–water partition coefficient (Wildman–Crippen LogP) is 2.66. The molecule has 1 heterocycles. The summed E-state index contributed by atoms with van der Waals surface area (Å²) in [6.07, 6.45) is 0.492. The maximum absolute atomic E-state index is 9.65. The summed E-state index contributed by atoms with van der Waals surface area (Å²) < 4.78 is 0.797. The highest BCUT2D eigenvalue weighted by atomic mass is 79.9. The van der Waals surface area contributed by atoms with Crippen LogP contribution in [0.4, 0.5) is 5.82 Å². The molecule has 0 fully saturated rings. The fourth-order valence-corrected chi connectivity index (χ4v) is 1.70. The third kappa shape index (κ3) is 5.14. The van der Waals surface area contributed by atoms with Crippen molar-refractivity contribution < 1.29 is 5.11 Å². The van der Waals surface area contributed by atoms with Gasteiger partial charge >= 0.3 is 0 Å². The average molecular weight is 273 g/mol. The van der Waals surface area contributed by atoms with Crippen LogP contribution in [0, 0.1) is 5.92 Å². The maximum Gasteiger partial charge on any atom is 0.127 e. The quantitative estimate of drug-likeness (QED) is 0.811. The number of pyridine rings is 1. The van der Waals surface area contributed by atoms with Gasteiger partial charge in [-0.15, -0.1) is 0 Å². The molecule has 0 aliphatic carbocycles. The van der Waals surface area contributed by atoms with Crippen LogP contribution in [-0.2, 0) is 0 Å². The number of aliphatic hydroxyl groups excluding tert-OH is 1. The van der Waals surface area contributed by atoms with E-state index >= 15 is 0 Å². The van der Waals surface area contributed by atoms with Crippen LogP contribution in [0.5, 0.6) is 0 Å². The summed E-state index contributed by atoms with van der Waals surface area (Å²) in [6.45, 7) is 4.74. The maximum atomic E-state index is 9.65. The lowest BCUT2D eigenvalue weighted by atomic mass is 10.1. The minimum atomic E-state index is -0.314. The van der Waals surface area contributed by atoms with Gasteiger partial charge in [0, 0.05) is 6.54 Å². The average Bonchev–Trinajstić information content (AvgIpc) is 2.14. The molecule has 1 aromatic rings. The van der Waals surface area contributed by atoms with Crippen molar-refractivity contribution in [2.45, 2.75) is 26.4 Å². The van der Waals surface area contributed by atoms with Gasteiger partial charge in [0.1, 0.15) is 10.4 Å². The Morgan fingerprint density at radius 2 is 2.20 bits per heavy atom. The van der Waals surface area contributed by atoms with Crippen LogP contribution in [0.1, 0.15) is 20.3 Å². The number of halogens is 1. The molecular formula is C11H17BrN2O. The van der Waals surface area contributed by atoms with Gasteiger partial charge in [-0.05, 0) is 40.4 Å². The van der Waals surface area contributed by atoms with Crippen molar-refractivity contribution in [3.63, 3.8) is 0 Å². The smallest absolute Gasteiger partial charge is 0.127 e. The number of hydrogen-bond acceptors (Lipinski definition) is 3. The number of aliphatic hydroxyl groups is 1. The van der Waals surface area contributed by atoms with E-state index in [1.54, 1.807) is 0 Å². The molecule has 1 rings (SSSR count). The van der Waals surface area contributed by atoms with E-state index in [9.17, 15) is 5.11 Å². The molecule has 4 heteroatoms. The summed E-state index contributed by atoms with van der Waals surface area (Å²) in [6, 6.07) is 5.66. The van der Waals surface area contributed by atoms with E-state index in [0.717, 1.165) is 16.8 Å². The molecule has 0 aliphatic heterocycles. The number of aromatic nitrogens is 1. The molecule has 15 heavy (non-hydrogen) atoms. The number of nitrogens with zero attached hydrogens (tertiary/aromatic N) is 1. The SMILES string of the molecule is CC(C)CC(O)CNc1cccc(Br)n1. The molecule has 0 amide bonds. The largest absolute Gasteiger partial charge is 0.391 e. The molecule has 0 aliphatic rings. The summed E-state index contributed by atoms with van der Waals surface area (Å²) in [4.78, 5) is 4.22. The van der Waals surface area contributed by atoms with Crippen LogP contribution in [0.3, 0.4) is 0 Å². The molecule has 84 valence electrons. The van der Waals surface area contributed by atoms with E-state index in [4.69, 9.17) is 0 Å². The van der Waals surface area contributed by atoms with E-state index in [1.165, 1.54) is 0 Å². The highest BCUT2D eigenvalue weighted by molar-refractivity contribution is 9.10. The minimum absolute atomic E-state index is 0.314. The van der Waals surface area contributed by atoms with Crippen LogP contribution in [0.2, 0.25) is 0 Å². The Hall–Kier alpha value is -0.610. The third-order valence-electron chi connectivity index (χ3n) is 1.98. The van der Waals surface area contributed by atoms with Gasteiger partial charge in [0.05, 0.1) is 6.10 Å². The number of rotatable bonds is 5. The number of hydrogen-bond donors (Lipinski definition) is 2. The van der Waals surface area contributed by atoms with Gasteiger partial charge in [0.15, 0.2) is 0 Å². The second kappa shape index (κ2) is 6.08. The summed E-state index contributed by atoms with van der Waals surface area (Å²) >= 11 is 3.30. The van der Waals surface area contributed by atoms with Crippen molar-refractivity contribution in [2.75, 3.05) is 11.9 Å². The Balaban J connectivity index is 2.36. The third-order valence-corrected chi connectivity index (χ3v) is 2.42. The van der Waals surface area contributed by atoms with Crippen molar-refractivity contribution in [3.8, 4) is 0 Å². The highest BCUT2D eigenvalue weighted by Crippen LogP contribution is 2.11. The molecule has 0 aromatic carbocycles. The first kappa shape index (κ1) is 12.5. The van der Waals surface area contributed by atoms with Gasteiger partial charge in [-0.1, -0.05) is 19.9 Å². The van der Waals surface area contributed by atoms with Gasteiger partial charge in [0.25, 0.3) is 0 Å². The Morgan fingerprint density at radius 3 is 2.80 bits per heavy atom. The first-order chi connectivity index (χ1) is 7.08. The van der Waals surface area contributed by atoms with E-state index < -0.39 is 0 Å². The second-order valence-corrected chi connectivity index (χ2v) is 4.82. The number of anilines is 1. The summed E-state index contributed by atoms with van der Waals surface area (Å²) in [5.74, 6) is 1.30. The molecule has 1 atom stereocenters. The lowest BCUT2D eigenvalue weighted by Crippen LogP contribution is -2.21. The highest BCUT2D eigenvalue weighted by Gasteiger charge is 2.06. The van der Waals surface area contributed by atoms with Gasteiger partial charge in [0.2, 0.25) is 0 Å². The van der Waals surface area contributed by atoms with E-state index in [-0.39, 0.29) is 6.10 Å². The standard InChI is InChI=1S/C11H17BrN2O/c1-8(2)6-9(15)7-13-11-5-3-4-10(12)14-11/h3-5,8-9,15H,6-7H2,1-2H3,(H,13,14). The first-order valence-corrected chi connectivity index (χ1v) is 5.91. The Labute approximate surface area is 99.1 Å². The molecule has 0 saturated heterocycles. The second-order valence-electron chi connectivity index (χ2n) is 4.01. The van der Waals surface area contributed by atoms with Crippen molar-refractivity contribution in [1.29, 1.82) is 0 Å². The van der Waals surface area contributed by atoms with Crippen molar-refractivity contribution >= 4 is 21.7 Å². The molecular weight excluding hydrogens is 256 g/mol. The molecule has 2 N–H and O–H groups in total. The Bertz CT molecular complexity index is 304. The molecule has 3 nitrogen and oxygen atoms in total. The van der Waals surface area contributed by atoms with Crippen molar-refractivity contribution in [2.24, 2.45) is 5.92 Å². The Kier molecular flexibility index (Phi) is 5.05. The summed E-state index contributed by atoms with van der Waals surface area (Å²) in [5.41, 5.74) is 0. The lowest BCUT2D eigenvalue weighted by molar-refractivity contribution is 0.161.